The van der Waals surface area contributed by atoms with E-state index in [4.69, 9.17) is 5.11 Å². The number of nitrogens with zero attached hydrogens (tertiary/aromatic N) is 1. The van der Waals surface area contributed by atoms with Gasteiger partial charge in [0.05, 0.1) is 5.92 Å². The number of carbonyl (C=O) groups is 1. The fourth-order valence-electron chi connectivity index (χ4n) is 2.61. The van der Waals surface area contributed by atoms with E-state index in [2.05, 4.69) is 11.9 Å². The molecule has 2 aliphatic heterocycles. The van der Waals surface area contributed by atoms with Crippen LogP contribution < -0.4 is 0 Å². The summed E-state index contributed by atoms with van der Waals surface area (Å²) >= 11 is 0. The number of aliphatic carboxylic acids is 1. The summed E-state index contributed by atoms with van der Waals surface area (Å²) in [7, 11) is 2.13. The smallest absolute Gasteiger partial charge is 0.306 e. The Hall–Kier alpha value is -0.570. The molecule has 2 bridgehead atoms. The summed E-state index contributed by atoms with van der Waals surface area (Å²) in [5.74, 6) is -0.668. The fourth-order valence-corrected chi connectivity index (χ4v) is 2.61. The minimum atomic E-state index is -0.597. The molecule has 82 valence electrons. The number of carboxylic acids is 1. The van der Waals surface area contributed by atoms with Gasteiger partial charge in [-0.25, -0.2) is 0 Å². The normalized spacial score (nSPS) is 36.1. The maximum absolute atomic E-state index is 10.8. The predicted octanol–water partition coefficient (Wildman–Crippen LogP) is 1.97. The lowest BCUT2D eigenvalue weighted by Gasteiger charge is -2.34. The lowest BCUT2D eigenvalue weighted by Crippen LogP contribution is -2.41. The summed E-state index contributed by atoms with van der Waals surface area (Å²) < 4.78 is 0. The standard InChI is InChI=1S/C9H15NO2.C2H6/c1-10-7-2-3-8(10)5-6(4-7)9(11)12;1-2/h6-8H,2-5H2,1H3,(H,11,12);1-2H3. The maximum atomic E-state index is 10.8. The van der Waals surface area contributed by atoms with Crippen molar-refractivity contribution in [1.82, 2.24) is 4.90 Å². The molecule has 2 unspecified atom stereocenters. The molecule has 2 aliphatic rings. The number of rotatable bonds is 1. The predicted molar refractivity (Wildman–Crippen MR) is 56.3 cm³/mol. The number of hydrogen-bond acceptors (Lipinski definition) is 2. The quantitative estimate of drug-likeness (QED) is 0.702. The molecule has 3 heteroatoms. The molecule has 2 atom stereocenters. The van der Waals surface area contributed by atoms with Crippen LogP contribution in [0.25, 0.3) is 0 Å². The Bertz CT molecular complexity index is 191. The molecule has 2 saturated heterocycles. The first kappa shape index (κ1) is 11.5. The summed E-state index contributed by atoms with van der Waals surface area (Å²) in [5, 5.41) is 8.87. The zero-order valence-corrected chi connectivity index (χ0v) is 9.36. The molecule has 14 heavy (non-hydrogen) atoms. The highest BCUT2D eigenvalue weighted by Gasteiger charge is 2.40. The topological polar surface area (TPSA) is 40.5 Å². The van der Waals surface area contributed by atoms with Crippen molar-refractivity contribution >= 4 is 5.97 Å². The number of hydrogen-bond donors (Lipinski definition) is 1. The zero-order chi connectivity index (χ0) is 10.7. The van der Waals surface area contributed by atoms with Crippen molar-refractivity contribution in [2.24, 2.45) is 5.92 Å². The third-order valence-corrected chi connectivity index (χ3v) is 3.45. The largest absolute Gasteiger partial charge is 0.481 e. The molecule has 2 heterocycles. The van der Waals surface area contributed by atoms with E-state index in [1.807, 2.05) is 13.8 Å². The Morgan fingerprint density at radius 3 is 2.00 bits per heavy atom. The molecule has 2 rings (SSSR count). The Kier molecular flexibility index (Phi) is 3.93. The van der Waals surface area contributed by atoms with Crippen molar-refractivity contribution < 1.29 is 9.90 Å². The molecule has 0 aromatic rings. The lowest BCUT2D eigenvalue weighted by atomic mass is 9.91. The Labute approximate surface area is 86.1 Å². The van der Waals surface area contributed by atoms with Gasteiger partial charge in [0, 0.05) is 12.1 Å². The van der Waals surface area contributed by atoms with Crippen LogP contribution >= 0.6 is 0 Å². The van der Waals surface area contributed by atoms with Gasteiger partial charge in [0.2, 0.25) is 0 Å². The third-order valence-electron chi connectivity index (χ3n) is 3.45. The monoisotopic (exact) mass is 199 g/mol. The second-order valence-corrected chi connectivity index (χ2v) is 4.06. The van der Waals surface area contributed by atoms with Crippen LogP contribution in [-0.2, 0) is 4.79 Å². The van der Waals surface area contributed by atoms with Crippen molar-refractivity contribution in [3.63, 3.8) is 0 Å². The van der Waals surface area contributed by atoms with Crippen molar-refractivity contribution in [1.29, 1.82) is 0 Å². The first-order valence-electron chi connectivity index (χ1n) is 5.63. The average Bonchev–Trinajstić information content (AvgIpc) is 2.44. The van der Waals surface area contributed by atoms with E-state index < -0.39 is 5.97 Å². The second kappa shape index (κ2) is 4.78. The molecule has 0 aromatic heterocycles. The van der Waals surface area contributed by atoms with E-state index in [0.717, 1.165) is 12.8 Å². The first-order valence-corrected chi connectivity index (χ1v) is 5.63. The van der Waals surface area contributed by atoms with Crippen LogP contribution in [0, 0.1) is 5.92 Å². The van der Waals surface area contributed by atoms with E-state index in [1.54, 1.807) is 0 Å². The van der Waals surface area contributed by atoms with Gasteiger partial charge in [-0.15, -0.1) is 0 Å². The van der Waals surface area contributed by atoms with Gasteiger partial charge in [0.15, 0.2) is 0 Å². The minimum Gasteiger partial charge on any atom is -0.481 e. The van der Waals surface area contributed by atoms with Crippen LogP contribution in [0.2, 0.25) is 0 Å². The van der Waals surface area contributed by atoms with Gasteiger partial charge in [-0.1, -0.05) is 13.8 Å². The maximum Gasteiger partial charge on any atom is 0.306 e. The molecule has 0 amide bonds. The van der Waals surface area contributed by atoms with Crippen molar-refractivity contribution in [2.75, 3.05) is 7.05 Å². The number of piperidine rings is 1. The van der Waals surface area contributed by atoms with Crippen LogP contribution in [-0.4, -0.2) is 35.1 Å². The van der Waals surface area contributed by atoms with E-state index in [9.17, 15) is 4.79 Å². The van der Waals surface area contributed by atoms with E-state index in [0.29, 0.717) is 12.1 Å². The molecule has 3 nitrogen and oxygen atoms in total. The molecule has 0 saturated carbocycles. The van der Waals surface area contributed by atoms with Gasteiger partial charge in [-0.2, -0.15) is 0 Å². The van der Waals surface area contributed by atoms with Crippen LogP contribution in [0.3, 0.4) is 0 Å². The molecule has 0 aliphatic carbocycles. The summed E-state index contributed by atoms with van der Waals surface area (Å²) in [6.45, 7) is 4.00. The fraction of sp³-hybridized carbons (Fsp3) is 0.909. The second-order valence-electron chi connectivity index (χ2n) is 4.06. The van der Waals surface area contributed by atoms with Gasteiger partial charge in [-0.3, -0.25) is 4.79 Å². The van der Waals surface area contributed by atoms with Crippen LogP contribution in [0.4, 0.5) is 0 Å². The van der Waals surface area contributed by atoms with Gasteiger partial charge < -0.3 is 10.0 Å². The highest BCUT2D eigenvalue weighted by Crippen LogP contribution is 2.37. The highest BCUT2D eigenvalue weighted by atomic mass is 16.4. The number of fused-ring (bicyclic) bond motifs is 2. The summed E-state index contributed by atoms with van der Waals surface area (Å²) in [5.41, 5.74) is 0. The molecule has 2 fully saturated rings. The van der Waals surface area contributed by atoms with E-state index in [1.165, 1.54) is 12.8 Å². The molecule has 0 aromatic carbocycles. The highest BCUT2D eigenvalue weighted by molar-refractivity contribution is 5.70. The summed E-state index contributed by atoms with van der Waals surface area (Å²) in [6, 6.07) is 1.09. The van der Waals surface area contributed by atoms with Crippen LogP contribution in [0.15, 0.2) is 0 Å². The van der Waals surface area contributed by atoms with E-state index in [-0.39, 0.29) is 5.92 Å². The van der Waals surface area contributed by atoms with Crippen molar-refractivity contribution in [3.8, 4) is 0 Å². The van der Waals surface area contributed by atoms with Gasteiger partial charge in [0.1, 0.15) is 0 Å². The Morgan fingerprint density at radius 2 is 1.64 bits per heavy atom. The van der Waals surface area contributed by atoms with Gasteiger partial charge in [0.25, 0.3) is 0 Å². The van der Waals surface area contributed by atoms with Crippen molar-refractivity contribution in [3.05, 3.63) is 0 Å². The van der Waals surface area contributed by atoms with Crippen LogP contribution in [0.1, 0.15) is 39.5 Å². The van der Waals surface area contributed by atoms with Crippen LogP contribution in [0.5, 0.6) is 0 Å². The molecular weight excluding hydrogens is 178 g/mol. The Balaban J connectivity index is 0.000000461. The summed E-state index contributed by atoms with van der Waals surface area (Å²) in [6.07, 6.45) is 4.13. The molecule has 1 N–H and O–H groups in total. The van der Waals surface area contributed by atoms with E-state index >= 15 is 0 Å². The summed E-state index contributed by atoms with van der Waals surface area (Å²) in [4.78, 5) is 13.1. The molecular formula is C11H21NO2. The first-order chi connectivity index (χ1) is 6.68. The van der Waals surface area contributed by atoms with Crippen molar-refractivity contribution in [2.45, 2.75) is 51.6 Å². The molecule has 0 radical (unpaired) electrons. The van der Waals surface area contributed by atoms with Gasteiger partial charge >= 0.3 is 5.97 Å². The molecule has 0 spiro atoms. The lowest BCUT2D eigenvalue weighted by molar-refractivity contribution is -0.144. The average molecular weight is 199 g/mol. The SMILES string of the molecule is CC.CN1C2CCC1CC(C(=O)O)C2. The van der Waals surface area contributed by atoms with Gasteiger partial charge in [-0.05, 0) is 32.7 Å². The third kappa shape index (κ3) is 2.08. The zero-order valence-electron chi connectivity index (χ0n) is 9.36. The Morgan fingerprint density at radius 1 is 1.21 bits per heavy atom. The number of carboxylic acid groups (broad SMARTS) is 1. The minimum absolute atomic E-state index is 0.0706.